The van der Waals surface area contributed by atoms with E-state index in [-0.39, 0.29) is 6.04 Å². The molecule has 1 N–H and O–H groups in total. The van der Waals surface area contributed by atoms with Crippen LogP contribution in [0.2, 0.25) is 0 Å². The maximum atomic E-state index is 13.2. The van der Waals surface area contributed by atoms with E-state index < -0.39 is 11.7 Å². The SMILES string of the molecule is Cc1ccc2nc(NC3CCOC3)nc(N3CCc4ncc(C(F)(F)F)cc4C3)c2c1. The van der Waals surface area contributed by atoms with Crippen molar-refractivity contribution in [3.05, 3.63) is 52.8 Å². The summed E-state index contributed by atoms with van der Waals surface area (Å²) in [5, 5.41) is 4.23. The van der Waals surface area contributed by atoms with Gasteiger partial charge in [0.15, 0.2) is 0 Å². The predicted octanol–water partition coefficient (Wildman–Crippen LogP) is 4.12. The lowest BCUT2D eigenvalue weighted by Crippen LogP contribution is -2.32. The van der Waals surface area contributed by atoms with Crippen molar-refractivity contribution in [2.24, 2.45) is 0 Å². The third-order valence-electron chi connectivity index (χ3n) is 5.76. The molecule has 0 saturated carbocycles. The summed E-state index contributed by atoms with van der Waals surface area (Å²) >= 11 is 0. The van der Waals surface area contributed by atoms with Crippen molar-refractivity contribution in [1.82, 2.24) is 15.0 Å². The summed E-state index contributed by atoms with van der Waals surface area (Å²) in [7, 11) is 0. The number of aromatic nitrogens is 3. The molecule has 2 aliphatic rings. The van der Waals surface area contributed by atoms with Crippen molar-refractivity contribution in [2.75, 3.05) is 30.0 Å². The highest BCUT2D eigenvalue weighted by Gasteiger charge is 2.33. The number of hydrogen-bond acceptors (Lipinski definition) is 6. The van der Waals surface area contributed by atoms with Gasteiger partial charge in [0.1, 0.15) is 5.82 Å². The van der Waals surface area contributed by atoms with Crippen molar-refractivity contribution in [2.45, 2.75) is 38.5 Å². The largest absolute Gasteiger partial charge is 0.417 e. The number of nitrogens with one attached hydrogen (secondary N) is 1. The maximum absolute atomic E-state index is 13.2. The average molecular weight is 429 g/mol. The number of alkyl halides is 3. The molecule has 162 valence electrons. The Morgan fingerprint density at radius 3 is 2.84 bits per heavy atom. The Morgan fingerprint density at radius 2 is 2.06 bits per heavy atom. The molecule has 0 aliphatic carbocycles. The van der Waals surface area contributed by atoms with Crippen LogP contribution in [0.5, 0.6) is 0 Å². The summed E-state index contributed by atoms with van der Waals surface area (Å²) in [6.45, 7) is 4.24. The lowest BCUT2D eigenvalue weighted by molar-refractivity contribution is -0.137. The number of nitrogens with zero attached hydrogens (tertiary/aromatic N) is 4. The number of ether oxygens (including phenoxy) is 1. The Bertz CT molecular complexity index is 1130. The van der Waals surface area contributed by atoms with Crippen molar-refractivity contribution in [3.63, 3.8) is 0 Å². The van der Waals surface area contributed by atoms with E-state index in [1.165, 1.54) is 6.07 Å². The maximum Gasteiger partial charge on any atom is 0.417 e. The third-order valence-corrected chi connectivity index (χ3v) is 5.76. The standard InChI is InChI=1S/C22H22F3N5O/c1-13-2-3-19-17(8-13)20(29-21(28-19)27-16-5-7-31-12-16)30-6-4-18-14(11-30)9-15(10-26-18)22(23,24)25/h2-3,8-10,16H,4-7,11-12H2,1H3,(H,27,28,29). The van der Waals surface area contributed by atoms with Gasteiger partial charge >= 0.3 is 6.18 Å². The van der Waals surface area contributed by atoms with Crippen LogP contribution in [0.3, 0.4) is 0 Å². The number of pyridine rings is 1. The second kappa shape index (κ2) is 7.64. The molecule has 1 aromatic carbocycles. The molecule has 1 atom stereocenters. The third kappa shape index (κ3) is 4.01. The van der Waals surface area contributed by atoms with Gasteiger partial charge in [-0.25, -0.2) is 4.98 Å². The Morgan fingerprint density at radius 1 is 1.19 bits per heavy atom. The summed E-state index contributed by atoms with van der Waals surface area (Å²) < 4.78 is 45.0. The summed E-state index contributed by atoms with van der Waals surface area (Å²) in [5.41, 5.74) is 2.44. The van der Waals surface area contributed by atoms with Gasteiger partial charge in [-0.2, -0.15) is 18.2 Å². The monoisotopic (exact) mass is 429 g/mol. The molecule has 1 fully saturated rings. The fourth-order valence-corrected chi connectivity index (χ4v) is 4.12. The number of fused-ring (bicyclic) bond motifs is 2. The van der Waals surface area contributed by atoms with E-state index in [0.717, 1.165) is 34.9 Å². The predicted molar refractivity (Wildman–Crippen MR) is 111 cm³/mol. The molecule has 4 heterocycles. The van der Waals surface area contributed by atoms with Gasteiger partial charge in [0.05, 0.1) is 23.7 Å². The molecule has 3 aromatic rings. The molecule has 9 heteroatoms. The number of rotatable bonds is 3. The van der Waals surface area contributed by atoms with E-state index >= 15 is 0 Å². The van der Waals surface area contributed by atoms with Crippen LogP contribution in [0.15, 0.2) is 30.5 Å². The van der Waals surface area contributed by atoms with Gasteiger partial charge in [0.2, 0.25) is 5.95 Å². The van der Waals surface area contributed by atoms with Crippen LogP contribution < -0.4 is 10.2 Å². The van der Waals surface area contributed by atoms with Crippen LogP contribution in [0.4, 0.5) is 24.9 Å². The molecular formula is C22H22F3N5O. The molecule has 0 spiro atoms. The second-order valence-electron chi connectivity index (χ2n) is 8.10. The molecule has 1 unspecified atom stereocenters. The van der Waals surface area contributed by atoms with Gasteiger partial charge in [0, 0.05) is 43.4 Å². The molecule has 5 rings (SSSR count). The summed E-state index contributed by atoms with van der Waals surface area (Å²) in [6.07, 6.45) is -2.05. The van der Waals surface area contributed by atoms with Gasteiger partial charge in [0.25, 0.3) is 0 Å². The van der Waals surface area contributed by atoms with Crippen LogP contribution >= 0.6 is 0 Å². The normalized spacial score (nSPS) is 19.0. The molecule has 1 saturated heterocycles. The molecule has 31 heavy (non-hydrogen) atoms. The minimum Gasteiger partial charge on any atom is -0.379 e. The number of anilines is 2. The first-order chi connectivity index (χ1) is 14.9. The quantitative estimate of drug-likeness (QED) is 0.676. The van der Waals surface area contributed by atoms with Gasteiger partial charge in [-0.1, -0.05) is 11.6 Å². The highest BCUT2D eigenvalue weighted by atomic mass is 19.4. The molecule has 2 aliphatic heterocycles. The van der Waals surface area contributed by atoms with Crippen molar-refractivity contribution >= 4 is 22.7 Å². The molecule has 0 bridgehead atoms. The van der Waals surface area contributed by atoms with Crippen LogP contribution in [-0.4, -0.2) is 40.8 Å². The van der Waals surface area contributed by atoms with E-state index in [1.807, 2.05) is 30.0 Å². The zero-order valence-electron chi connectivity index (χ0n) is 17.0. The van der Waals surface area contributed by atoms with Gasteiger partial charge in [-0.3, -0.25) is 4.98 Å². The first-order valence-electron chi connectivity index (χ1n) is 10.3. The topological polar surface area (TPSA) is 63.2 Å². The van der Waals surface area contributed by atoms with Gasteiger partial charge in [-0.15, -0.1) is 0 Å². The first-order valence-corrected chi connectivity index (χ1v) is 10.3. The van der Waals surface area contributed by atoms with E-state index in [0.29, 0.717) is 49.9 Å². The van der Waals surface area contributed by atoms with Crippen molar-refractivity contribution < 1.29 is 17.9 Å². The van der Waals surface area contributed by atoms with E-state index in [4.69, 9.17) is 9.72 Å². The van der Waals surface area contributed by atoms with Gasteiger partial charge in [-0.05, 0) is 37.1 Å². The van der Waals surface area contributed by atoms with Crippen LogP contribution in [0, 0.1) is 6.92 Å². The Hall–Kier alpha value is -2.94. The molecule has 2 aromatic heterocycles. The second-order valence-corrected chi connectivity index (χ2v) is 8.10. The van der Waals surface area contributed by atoms with Crippen LogP contribution in [0.25, 0.3) is 10.9 Å². The Kier molecular flexibility index (Phi) is 4.92. The number of benzene rings is 1. The highest BCUT2D eigenvalue weighted by Crippen LogP contribution is 2.34. The van der Waals surface area contributed by atoms with Crippen LogP contribution in [0.1, 0.15) is 28.8 Å². The number of aryl methyl sites for hydroxylation is 1. The summed E-state index contributed by atoms with van der Waals surface area (Å²) in [5.74, 6) is 1.23. The smallest absolute Gasteiger partial charge is 0.379 e. The van der Waals surface area contributed by atoms with E-state index in [2.05, 4.69) is 15.3 Å². The Balaban J connectivity index is 1.53. The van der Waals surface area contributed by atoms with Crippen molar-refractivity contribution in [1.29, 1.82) is 0 Å². The molecule has 6 nitrogen and oxygen atoms in total. The van der Waals surface area contributed by atoms with Crippen LogP contribution in [-0.2, 0) is 23.9 Å². The summed E-state index contributed by atoms with van der Waals surface area (Å²) in [6, 6.07) is 7.32. The zero-order chi connectivity index (χ0) is 21.6. The minimum atomic E-state index is -4.41. The lowest BCUT2D eigenvalue weighted by Gasteiger charge is -2.30. The van der Waals surface area contributed by atoms with Crippen molar-refractivity contribution in [3.8, 4) is 0 Å². The Labute approximate surface area is 177 Å². The fraction of sp³-hybridized carbons (Fsp3) is 0.409. The van der Waals surface area contributed by atoms with E-state index in [1.54, 1.807) is 0 Å². The van der Waals surface area contributed by atoms with Gasteiger partial charge < -0.3 is 15.0 Å². The first kappa shape index (κ1) is 20.0. The molecular weight excluding hydrogens is 407 g/mol. The lowest BCUT2D eigenvalue weighted by atomic mass is 10.0. The number of halogens is 3. The molecule has 0 radical (unpaired) electrons. The average Bonchev–Trinajstić information content (AvgIpc) is 3.25. The van der Waals surface area contributed by atoms with E-state index in [9.17, 15) is 13.2 Å². The highest BCUT2D eigenvalue weighted by molar-refractivity contribution is 5.91. The summed E-state index contributed by atoms with van der Waals surface area (Å²) in [4.78, 5) is 15.5. The minimum absolute atomic E-state index is 0.149. The number of hydrogen-bond donors (Lipinski definition) is 1. The fourth-order valence-electron chi connectivity index (χ4n) is 4.12. The zero-order valence-corrected chi connectivity index (χ0v) is 17.0. The molecule has 0 amide bonds.